The van der Waals surface area contributed by atoms with E-state index in [9.17, 15) is 4.79 Å². The molecule has 1 fully saturated rings. The zero-order chi connectivity index (χ0) is 12.3. The molecule has 2 heterocycles. The van der Waals surface area contributed by atoms with Crippen molar-refractivity contribution in [3.63, 3.8) is 0 Å². The SMILES string of the molecule is Cc1cncc(C(=O)N2CCCC(CO)C2)c1. The fourth-order valence-electron chi connectivity index (χ4n) is 2.25. The van der Waals surface area contributed by atoms with Crippen LogP contribution in [0.3, 0.4) is 0 Å². The largest absolute Gasteiger partial charge is 0.396 e. The Kier molecular flexibility index (Phi) is 3.74. The molecule has 0 saturated carbocycles. The minimum absolute atomic E-state index is 0.0272. The molecular weight excluding hydrogens is 216 g/mol. The van der Waals surface area contributed by atoms with E-state index in [1.165, 1.54) is 0 Å². The molecule has 1 aromatic heterocycles. The van der Waals surface area contributed by atoms with Gasteiger partial charge in [-0.05, 0) is 37.3 Å². The summed E-state index contributed by atoms with van der Waals surface area (Å²) in [7, 11) is 0. The standard InChI is InChI=1S/C13H18N2O2/c1-10-5-12(7-14-6-10)13(17)15-4-2-3-11(8-15)9-16/h5-7,11,16H,2-4,8-9H2,1H3. The minimum Gasteiger partial charge on any atom is -0.396 e. The zero-order valence-electron chi connectivity index (χ0n) is 10.1. The summed E-state index contributed by atoms with van der Waals surface area (Å²) in [6, 6.07) is 1.86. The number of likely N-dealkylation sites (tertiary alicyclic amines) is 1. The number of carbonyl (C=O) groups excluding carboxylic acids is 1. The lowest BCUT2D eigenvalue weighted by Gasteiger charge is -2.31. The van der Waals surface area contributed by atoms with Crippen molar-refractivity contribution >= 4 is 5.91 Å². The second kappa shape index (κ2) is 5.27. The average molecular weight is 234 g/mol. The summed E-state index contributed by atoms with van der Waals surface area (Å²) in [6.45, 7) is 3.53. The quantitative estimate of drug-likeness (QED) is 0.837. The molecule has 4 heteroatoms. The highest BCUT2D eigenvalue weighted by Gasteiger charge is 2.24. The Morgan fingerprint density at radius 2 is 2.41 bits per heavy atom. The van der Waals surface area contributed by atoms with Crippen molar-refractivity contribution in [3.8, 4) is 0 Å². The molecule has 0 aliphatic carbocycles. The highest BCUT2D eigenvalue weighted by molar-refractivity contribution is 5.94. The Morgan fingerprint density at radius 3 is 3.12 bits per heavy atom. The van der Waals surface area contributed by atoms with Gasteiger partial charge in [-0.25, -0.2) is 0 Å². The van der Waals surface area contributed by atoms with Crippen LogP contribution < -0.4 is 0 Å². The van der Waals surface area contributed by atoms with E-state index in [1.807, 2.05) is 17.9 Å². The molecule has 1 aromatic rings. The molecule has 1 aliphatic heterocycles. The van der Waals surface area contributed by atoms with Gasteiger partial charge in [0.15, 0.2) is 0 Å². The fourth-order valence-corrected chi connectivity index (χ4v) is 2.25. The molecule has 0 spiro atoms. The van der Waals surface area contributed by atoms with E-state index in [0.29, 0.717) is 12.1 Å². The van der Waals surface area contributed by atoms with Crippen molar-refractivity contribution in [2.24, 2.45) is 5.92 Å². The third-order valence-corrected chi connectivity index (χ3v) is 3.19. The molecule has 1 saturated heterocycles. The van der Waals surface area contributed by atoms with Crippen molar-refractivity contribution in [1.82, 2.24) is 9.88 Å². The van der Waals surface area contributed by atoms with E-state index in [4.69, 9.17) is 5.11 Å². The maximum Gasteiger partial charge on any atom is 0.255 e. The number of nitrogens with zero attached hydrogens (tertiary/aromatic N) is 2. The van der Waals surface area contributed by atoms with Gasteiger partial charge < -0.3 is 10.0 Å². The maximum absolute atomic E-state index is 12.2. The van der Waals surface area contributed by atoms with E-state index < -0.39 is 0 Å². The first-order valence-corrected chi connectivity index (χ1v) is 6.02. The molecule has 0 radical (unpaired) electrons. The van der Waals surface area contributed by atoms with Gasteiger partial charge in [-0.3, -0.25) is 9.78 Å². The summed E-state index contributed by atoms with van der Waals surface area (Å²) in [6.07, 6.45) is 5.32. The van der Waals surface area contributed by atoms with Gasteiger partial charge in [0.2, 0.25) is 0 Å². The van der Waals surface area contributed by atoms with E-state index in [1.54, 1.807) is 12.4 Å². The van der Waals surface area contributed by atoms with Crippen LogP contribution in [0.25, 0.3) is 0 Å². The summed E-state index contributed by atoms with van der Waals surface area (Å²) in [5, 5.41) is 9.15. The van der Waals surface area contributed by atoms with Crippen molar-refractivity contribution in [2.75, 3.05) is 19.7 Å². The second-order valence-corrected chi connectivity index (χ2v) is 4.69. The fraction of sp³-hybridized carbons (Fsp3) is 0.538. The van der Waals surface area contributed by atoms with Crippen molar-refractivity contribution < 1.29 is 9.90 Å². The van der Waals surface area contributed by atoms with Crippen LogP contribution in [0.1, 0.15) is 28.8 Å². The van der Waals surface area contributed by atoms with Gasteiger partial charge in [-0.1, -0.05) is 0 Å². The number of amides is 1. The number of piperidine rings is 1. The van der Waals surface area contributed by atoms with Crippen LogP contribution in [0.15, 0.2) is 18.5 Å². The summed E-state index contributed by atoms with van der Waals surface area (Å²) in [4.78, 5) is 18.1. The number of aliphatic hydroxyl groups is 1. The maximum atomic E-state index is 12.2. The lowest BCUT2D eigenvalue weighted by Crippen LogP contribution is -2.41. The van der Waals surface area contributed by atoms with Crippen LogP contribution in [-0.4, -0.2) is 40.6 Å². The Morgan fingerprint density at radius 1 is 1.59 bits per heavy atom. The zero-order valence-corrected chi connectivity index (χ0v) is 10.1. The molecule has 1 N–H and O–H groups in total. The monoisotopic (exact) mass is 234 g/mol. The normalized spacial score (nSPS) is 20.4. The number of hydrogen-bond donors (Lipinski definition) is 1. The van der Waals surface area contributed by atoms with Gasteiger partial charge in [0.05, 0.1) is 5.56 Å². The number of rotatable bonds is 2. The number of hydrogen-bond acceptors (Lipinski definition) is 3. The van der Waals surface area contributed by atoms with Crippen molar-refractivity contribution in [2.45, 2.75) is 19.8 Å². The lowest BCUT2D eigenvalue weighted by atomic mass is 9.98. The number of aryl methyl sites for hydroxylation is 1. The summed E-state index contributed by atoms with van der Waals surface area (Å²) in [5.41, 5.74) is 1.63. The summed E-state index contributed by atoms with van der Waals surface area (Å²) in [5.74, 6) is 0.254. The van der Waals surface area contributed by atoms with Crippen LogP contribution in [0, 0.1) is 12.8 Å². The van der Waals surface area contributed by atoms with Crippen molar-refractivity contribution in [3.05, 3.63) is 29.6 Å². The Hall–Kier alpha value is -1.42. The molecule has 1 atom stereocenters. The van der Waals surface area contributed by atoms with Gasteiger partial charge in [0, 0.05) is 32.1 Å². The molecule has 17 heavy (non-hydrogen) atoms. The number of carbonyl (C=O) groups is 1. The smallest absolute Gasteiger partial charge is 0.255 e. The highest BCUT2D eigenvalue weighted by atomic mass is 16.3. The molecule has 92 valence electrons. The first-order chi connectivity index (χ1) is 8.20. The molecule has 1 amide bonds. The Balaban J connectivity index is 2.09. The van der Waals surface area contributed by atoms with Crippen LogP contribution in [0.2, 0.25) is 0 Å². The Bertz CT molecular complexity index is 406. The molecule has 0 aromatic carbocycles. The van der Waals surface area contributed by atoms with E-state index in [-0.39, 0.29) is 18.4 Å². The third-order valence-electron chi connectivity index (χ3n) is 3.19. The van der Waals surface area contributed by atoms with Crippen LogP contribution in [0.4, 0.5) is 0 Å². The van der Waals surface area contributed by atoms with E-state index in [0.717, 1.165) is 24.9 Å². The predicted molar refractivity (Wildman–Crippen MR) is 64.7 cm³/mol. The number of pyridine rings is 1. The van der Waals surface area contributed by atoms with Gasteiger partial charge in [-0.15, -0.1) is 0 Å². The molecule has 0 bridgehead atoms. The molecular formula is C13H18N2O2. The first kappa shape index (κ1) is 12.0. The van der Waals surface area contributed by atoms with Gasteiger partial charge in [-0.2, -0.15) is 0 Å². The molecule has 2 rings (SSSR count). The van der Waals surface area contributed by atoms with E-state index in [2.05, 4.69) is 4.98 Å². The topological polar surface area (TPSA) is 53.4 Å². The van der Waals surface area contributed by atoms with Gasteiger partial charge in [0.25, 0.3) is 5.91 Å². The van der Waals surface area contributed by atoms with Gasteiger partial charge in [0.1, 0.15) is 0 Å². The van der Waals surface area contributed by atoms with Crippen molar-refractivity contribution in [1.29, 1.82) is 0 Å². The number of aromatic nitrogens is 1. The van der Waals surface area contributed by atoms with E-state index >= 15 is 0 Å². The third kappa shape index (κ3) is 2.82. The minimum atomic E-state index is 0.0272. The lowest BCUT2D eigenvalue weighted by molar-refractivity contribution is 0.0620. The Labute approximate surface area is 101 Å². The van der Waals surface area contributed by atoms with Crippen LogP contribution in [-0.2, 0) is 0 Å². The van der Waals surface area contributed by atoms with Crippen LogP contribution >= 0.6 is 0 Å². The summed E-state index contributed by atoms with van der Waals surface area (Å²) < 4.78 is 0. The second-order valence-electron chi connectivity index (χ2n) is 4.69. The molecule has 1 aliphatic rings. The predicted octanol–water partition coefficient (Wildman–Crippen LogP) is 1.23. The first-order valence-electron chi connectivity index (χ1n) is 6.02. The van der Waals surface area contributed by atoms with Gasteiger partial charge >= 0.3 is 0 Å². The molecule has 4 nitrogen and oxygen atoms in total. The summed E-state index contributed by atoms with van der Waals surface area (Å²) >= 11 is 0. The highest BCUT2D eigenvalue weighted by Crippen LogP contribution is 2.18. The number of aliphatic hydroxyl groups excluding tert-OH is 1. The molecule has 1 unspecified atom stereocenters. The average Bonchev–Trinajstić information content (AvgIpc) is 2.38. The van der Waals surface area contributed by atoms with Crippen LogP contribution in [0.5, 0.6) is 0 Å².